The van der Waals surface area contributed by atoms with E-state index in [0.717, 1.165) is 12.2 Å². The zero-order valence-corrected chi connectivity index (χ0v) is 9.72. The Morgan fingerprint density at radius 3 is 3.12 bits per heavy atom. The predicted octanol–water partition coefficient (Wildman–Crippen LogP) is 0.308. The van der Waals surface area contributed by atoms with Gasteiger partial charge in [0.25, 0.3) is 0 Å². The summed E-state index contributed by atoms with van der Waals surface area (Å²) in [5.74, 6) is 0.831. The van der Waals surface area contributed by atoms with Crippen LogP contribution in [0.1, 0.15) is 0 Å². The number of fused-ring (bicyclic) bond motifs is 3. The second kappa shape index (κ2) is 3.63. The van der Waals surface area contributed by atoms with Crippen molar-refractivity contribution in [1.29, 1.82) is 0 Å². The highest BCUT2D eigenvalue weighted by molar-refractivity contribution is 5.98. The average Bonchev–Trinajstić information content (AvgIpc) is 2.28. The number of anilines is 2. The number of amides is 1. The van der Waals surface area contributed by atoms with Gasteiger partial charge in [0.2, 0.25) is 5.91 Å². The maximum absolute atomic E-state index is 12.1. The van der Waals surface area contributed by atoms with Gasteiger partial charge in [0, 0.05) is 18.3 Å². The number of hydrogen-bond donors (Lipinski definition) is 1. The van der Waals surface area contributed by atoms with E-state index in [1.807, 2.05) is 22.9 Å². The fourth-order valence-electron chi connectivity index (χ4n) is 2.51. The highest BCUT2D eigenvalue weighted by atomic mass is 16.5. The average molecular weight is 233 g/mol. The van der Waals surface area contributed by atoms with Gasteiger partial charge in [-0.25, -0.2) is 0 Å². The van der Waals surface area contributed by atoms with Crippen LogP contribution >= 0.6 is 0 Å². The number of rotatable bonds is 0. The van der Waals surface area contributed by atoms with Crippen molar-refractivity contribution < 1.29 is 9.53 Å². The molecule has 0 aliphatic carbocycles. The number of likely N-dealkylation sites (N-methyl/N-ethyl adjacent to an activating group) is 1. The Morgan fingerprint density at radius 2 is 2.29 bits per heavy atom. The van der Waals surface area contributed by atoms with Gasteiger partial charge in [0.05, 0.1) is 18.3 Å². The van der Waals surface area contributed by atoms with Crippen LogP contribution < -0.4 is 15.4 Å². The Bertz CT molecular complexity index is 475. The van der Waals surface area contributed by atoms with Gasteiger partial charge in [-0.1, -0.05) is 0 Å². The minimum absolute atomic E-state index is 0.109. The Morgan fingerprint density at radius 1 is 1.47 bits per heavy atom. The highest BCUT2D eigenvalue weighted by Crippen LogP contribution is 2.36. The van der Waals surface area contributed by atoms with Crippen molar-refractivity contribution in [2.24, 2.45) is 0 Å². The molecule has 5 heteroatoms. The number of nitrogen functional groups attached to an aromatic ring is 1. The van der Waals surface area contributed by atoms with Gasteiger partial charge in [0.1, 0.15) is 12.4 Å². The van der Waals surface area contributed by atoms with Crippen LogP contribution in [0.2, 0.25) is 0 Å². The van der Waals surface area contributed by atoms with Gasteiger partial charge in [-0.15, -0.1) is 0 Å². The highest BCUT2D eigenvalue weighted by Gasteiger charge is 2.36. The fourth-order valence-corrected chi connectivity index (χ4v) is 2.51. The Kier molecular flexibility index (Phi) is 2.22. The minimum atomic E-state index is 0.109. The Balaban J connectivity index is 2.02. The predicted molar refractivity (Wildman–Crippen MR) is 65.1 cm³/mol. The van der Waals surface area contributed by atoms with Crippen LogP contribution in [0.5, 0.6) is 5.75 Å². The molecule has 1 aromatic rings. The maximum atomic E-state index is 12.1. The molecular formula is C12H15N3O2. The van der Waals surface area contributed by atoms with Crippen LogP contribution in [0.25, 0.3) is 0 Å². The topological polar surface area (TPSA) is 58.8 Å². The Labute approximate surface area is 99.7 Å². The summed E-state index contributed by atoms with van der Waals surface area (Å²) in [5, 5.41) is 0. The number of nitrogens with zero attached hydrogens (tertiary/aromatic N) is 2. The van der Waals surface area contributed by atoms with Crippen LogP contribution in [0.15, 0.2) is 18.2 Å². The number of hydrogen-bond acceptors (Lipinski definition) is 4. The van der Waals surface area contributed by atoms with Crippen LogP contribution in [-0.2, 0) is 4.79 Å². The molecule has 2 heterocycles. The van der Waals surface area contributed by atoms with Crippen molar-refractivity contribution in [3.63, 3.8) is 0 Å². The molecule has 0 saturated carbocycles. The molecule has 1 aromatic carbocycles. The second-order valence-electron chi connectivity index (χ2n) is 4.65. The molecule has 0 radical (unpaired) electrons. The van der Waals surface area contributed by atoms with Gasteiger partial charge in [-0.05, 0) is 19.2 Å². The van der Waals surface area contributed by atoms with Crippen molar-refractivity contribution in [3.05, 3.63) is 18.2 Å². The third-order valence-electron chi connectivity index (χ3n) is 3.24. The van der Waals surface area contributed by atoms with E-state index in [-0.39, 0.29) is 11.9 Å². The van der Waals surface area contributed by atoms with Crippen molar-refractivity contribution in [2.45, 2.75) is 6.04 Å². The molecule has 2 N–H and O–H groups in total. The lowest BCUT2D eigenvalue weighted by Crippen LogP contribution is -2.59. The molecule has 0 bridgehead atoms. The lowest BCUT2D eigenvalue weighted by Gasteiger charge is -2.42. The first kappa shape index (κ1) is 10.4. The Hall–Kier alpha value is -1.75. The molecule has 90 valence electrons. The van der Waals surface area contributed by atoms with Crippen LogP contribution in [0, 0.1) is 0 Å². The fraction of sp³-hybridized carbons (Fsp3) is 0.417. The summed E-state index contributed by atoms with van der Waals surface area (Å²) in [4.78, 5) is 16.0. The van der Waals surface area contributed by atoms with Crippen LogP contribution in [-0.4, -0.2) is 43.6 Å². The zero-order chi connectivity index (χ0) is 12.0. The summed E-state index contributed by atoms with van der Waals surface area (Å²) < 4.78 is 5.67. The van der Waals surface area contributed by atoms with E-state index in [4.69, 9.17) is 10.5 Å². The standard InChI is InChI=1S/C12H15N3O2/c1-14-5-9-7-17-11-4-8(13)2-3-10(11)15(9)12(16)6-14/h2-4,9H,5-7,13H2,1H3/t9-/m0/s1. The first-order valence-electron chi connectivity index (χ1n) is 5.68. The molecule has 3 rings (SSSR count). The largest absolute Gasteiger partial charge is 0.489 e. The minimum Gasteiger partial charge on any atom is -0.489 e. The summed E-state index contributed by atoms with van der Waals surface area (Å²) in [6.45, 7) is 1.84. The van der Waals surface area contributed by atoms with Gasteiger partial charge < -0.3 is 15.4 Å². The van der Waals surface area contributed by atoms with Gasteiger partial charge in [-0.3, -0.25) is 9.69 Å². The number of piperazine rings is 1. The molecule has 0 spiro atoms. The quantitative estimate of drug-likeness (QED) is 0.655. The SMILES string of the molecule is CN1CC(=O)N2c3ccc(N)cc3OC[C@@H]2C1. The van der Waals surface area contributed by atoms with Crippen LogP contribution in [0.4, 0.5) is 11.4 Å². The van der Waals surface area contributed by atoms with Gasteiger partial charge in [-0.2, -0.15) is 0 Å². The van der Waals surface area contributed by atoms with Crippen molar-refractivity contribution in [2.75, 3.05) is 37.4 Å². The summed E-state index contributed by atoms with van der Waals surface area (Å²) in [5.41, 5.74) is 7.21. The third-order valence-corrected chi connectivity index (χ3v) is 3.24. The summed E-state index contributed by atoms with van der Waals surface area (Å²) in [7, 11) is 1.95. The zero-order valence-electron chi connectivity index (χ0n) is 9.72. The number of carbonyl (C=O) groups is 1. The molecule has 1 amide bonds. The summed E-state index contributed by atoms with van der Waals surface area (Å²) >= 11 is 0. The maximum Gasteiger partial charge on any atom is 0.241 e. The van der Waals surface area contributed by atoms with E-state index in [9.17, 15) is 4.79 Å². The number of carbonyl (C=O) groups excluding carboxylic acids is 1. The lowest BCUT2D eigenvalue weighted by molar-refractivity contribution is -0.122. The molecule has 0 aromatic heterocycles. The van der Waals surface area contributed by atoms with Crippen LogP contribution in [0.3, 0.4) is 0 Å². The molecule has 1 fully saturated rings. The monoisotopic (exact) mass is 233 g/mol. The second-order valence-corrected chi connectivity index (χ2v) is 4.65. The molecule has 2 aliphatic heterocycles. The molecular weight excluding hydrogens is 218 g/mol. The van der Waals surface area contributed by atoms with E-state index in [2.05, 4.69) is 0 Å². The lowest BCUT2D eigenvalue weighted by atomic mass is 10.1. The van der Waals surface area contributed by atoms with Gasteiger partial charge in [0.15, 0.2) is 0 Å². The molecule has 1 saturated heterocycles. The van der Waals surface area contributed by atoms with Crippen molar-refractivity contribution >= 4 is 17.3 Å². The molecule has 17 heavy (non-hydrogen) atoms. The first-order valence-corrected chi connectivity index (χ1v) is 5.68. The van der Waals surface area contributed by atoms with E-state index < -0.39 is 0 Å². The first-order chi connectivity index (χ1) is 8.15. The van der Waals surface area contributed by atoms with Crippen molar-refractivity contribution in [3.8, 4) is 5.75 Å². The van der Waals surface area contributed by atoms with E-state index in [0.29, 0.717) is 24.6 Å². The molecule has 2 aliphatic rings. The molecule has 0 unspecified atom stereocenters. The molecule has 5 nitrogen and oxygen atoms in total. The number of nitrogens with two attached hydrogens (primary N) is 1. The van der Waals surface area contributed by atoms with Crippen molar-refractivity contribution in [1.82, 2.24) is 4.90 Å². The number of benzene rings is 1. The summed E-state index contributed by atoms with van der Waals surface area (Å²) in [6.07, 6.45) is 0. The summed E-state index contributed by atoms with van der Waals surface area (Å²) in [6, 6.07) is 5.55. The van der Waals surface area contributed by atoms with E-state index in [1.165, 1.54) is 0 Å². The third kappa shape index (κ3) is 1.63. The van der Waals surface area contributed by atoms with Gasteiger partial charge >= 0.3 is 0 Å². The van der Waals surface area contributed by atoms with E-state index in [1.54, 1.807) is 12.1 Å². The normalized spacial score (nSPS) is 23.9. The van der Waals surface area contributed by atoms with E-state index >= 15 is 0 Å². The number of ether oxygens (including phenoxy) is 1. The smallest absolute Gasteiger partial charge is 0.241 e. The molecule has 1 atom stereocenters.